The van der Waals surface area contributed by atoms with E-state index in [1.807, 2.05) is 21.0 Å². The molecule has 1 aliphatic rings. The highest BCUT2D eigenvalue weighted by molar-refractivity contribution is 5.94. The molecule has 0 aromatic carbocycles. The van der Waals surface area contributed by atoms with E-state index in [-0.39, 0.29) is 5.91 Å². The Hall–Kier alpha value is -2.51. The van der Waals surface area contributed by atoms with Crippen LogP contribution in [0.3, 0.4) is 0 Å². The largest absolute Gasteiger partial charge is 0.347 e. The number of nitrogens with one attached hydrogen (secondary N) is 1. The summed E-state index contributed by atoms with van der Waals surface area (Å²) in [6.45, 7) is 3.10. The highest BCUT2D eigenvalue weighted by atomic mass is 16.1. The predicted molar refractivity (Wildman–Crippen MR) is 89.8 cm³/mol. The second-order valence-electron chi connectivity index (χ2n) is 6.24. The minimum Gasteiger partial charge on any atom is -0.347 e. The molecule has 8 nitrogen and oxygen atoms in total. The fourth-order valence-electron chi connectivity index (χ4n) is 2.82. The van der Waals surface area contributed by atoms with Gasteiger partial charge in [-0.15, -0.1) is 10.2 Å². The lowest BCUT2D eigenvalue weighted by Gasteiger charge is -2.12. The van der Waals surface area contributed by atoms with Crippen LogP contribution in [0.15, 0.2) is 6.20 Å². The summed E-state index contributed by atoms with van der Waals surface area (Å²) < 4.78 is 2.13. The van der Waals surface area contributed by atoms with Crippen LogP contribution in [-0.2, 0) is 19.5 Å². The second-order valence-corrected chi connectivity index (χ2v) is 6.24. The lowest BCUT2D eigenvalue weighted by Crippen LogP contribution is -2.26. The fourth-order valence-corrected chi connectivity index (χ4v) is 2.82. The maximum absolute atomic E-state index is 12.4. The molecular formula is C16H23N7O. The highest BCUT2D eigenvalue weighted by Crippen LogP contribution is 2.14. The molecule has 3 heterocycles. The van der Waals surface area contributed by atoms with Crippen LogP contribution in [0.25, 0.3) is 0 Å². The summed E-state index contributed by atoms with van der Waals surface area (Å²) in [6.07, 6.45) is 6.02. The molecule has 0 saturated heterocycles. The van der Waals surface area contributed by atoms with Crippen molar-refractivity contribution in [2.45, 2.75) is 45.7 Å². The number of amides is 1. The molecule has 0 radical (unpaired) electrons. The molecule has 128 valence electrons. The van der Waals surface area contributed by atoms with Gasteiger partial charge in [-0.25, -0.2) is 9.97 Å². The Kier molecular flexibility index (Phi) is 4.73. The summed E-state index contributed by atoms with van der Waals surface area (Å²) in [4.78, 5) is 22.8. The molecule has 1 N–H and O–H groups in total. The first kappa shape index (κ1) is 16.4. The molecule has 3 rings (SSSR count). The number of fused-ring (bicyclic) bond motifs is 1. The van der Waals surface area contributed by atoms with Gasteiger partial charge < -0.3 is 14.8 Å². The number of nitrogens with zero attached hydrogens (tertiary/aromatic N) is 6. The molecule has 0 atom stereocenters. The molecular weight excluding hydrogens is 306 g/mol. The predicted octanol–water partition coefficient (Wildman–Crippen LogP) is 1.10. The molecule has 0 spiro atoms. The van der Waals surface area contributed by atoms with Gasteiger partial charge >= 0.3 is 0 Å². The average Bonchev–Trinajstić information content (AvgIpc) is 2.79. The zero-order valence-corrected chi connectivity index (χ0v) is 14.4. The van der Waals surface area contributed by atoms with Crippen molar-refractivity contribution in [2.24, 2.45) is 0 Å². The van der Waals surface area contributed by atoms with Crippen LogP contribution >= 0.6 is 0 Å². The van der Waals surface area contributed by atoms with Gasteiger partial charge in [-0.1, -0.05) is 6.42 Å². The van der Waals surface area contributed by atoms with Crippen molar-refractivity contribution >= 4 is 11.9 Å². The van der Waals surface area contributed by atoms with Gasteiger partial charge in [0.15, 0.2) is 5.82 Å². The molecule has 1 aliphatic heterocycles. The number of carbonyl (C=O) groups is 1. The van der Waals surface area contributed by atoms with E-state index in [1.165, 1.54) is 6.42 Å². The molecule has 24 heavy (non-hydrogen) atoms. The van der Waals surface area contributed by atoms with E-state index < -0.39 is 0 Å². The van der Waals surface area contributed by atoms with Crippen molar-refractivity contribution in [3.63, 3.8) is 0 Å². The first-order valence-electron chi connectivity index (χ1n) is 8.26. The number of carbonyl (C=O) groups excluding carboxylic acids is 1. The number of rotatable bonds is 4. The molecule has 0 aliphatic carbocycles. The molecule has 8 heteroatoms. The summed E-state index contributed by atoms with van der Waals surface area (Å²) in [5.41, 5.74) is 1.14. The van der Waals surface area contributed by atoms with E-state index in [0.717, 1.165) is 37.5 Å². The Bertz CT molecular complexity index is 738. The summed E-state index contributed by atoms with van der Waals surface area (Å²) in [6, 6.07) is 0. The average molecular weight is 329 g/mol. The zero-order valence-electron chi connectivity index (χ0n) is 14.4. The molecule has 0 saturated carbocycles. The van der Waals surface area contributed by atoms with Gasteiger partial charge in [-0.2, -0.15) is 0 Å². The second kappa shape index (κ2) is 6.94. The number of aromatic nitrogens is 5. The van der Waals surface area contributed by atoms with Gasteiger partial charge in [0.1, 0.15) is 5.82 Å². The van der Waals surface area contributed by atoms with Crippen LogP contribution < -0.4 is 10.2 Å². The van der Waals surface area contributed by atoms with Gasteiger partial charge in [0.2, 0.25) is 5.95 Å². The summed E-state index contributed by atoms with van der Waals surface area (Å²) in [5.74, 6) is 2.23. The lowest BCUT2D eigenvalue weighted by molar-refractivity contribution is 0.0948. The van der Waals surface area contributed by atoms with E-state index in [0.29, 0.717) is 23.8 Å². The van der Waals surface area contributed by atoms with Crippen molar-refractivity contribution < 1.29 is 4.79 Å². The third-order valence-electron chi connectivity index (χ3n) is 4.20. The summed E-state index contributed by atoms with van der Waals surface area (Å²) >= 11 is 0. The smallest absolute Gasteiger partial charge is 0.255 e. The monoisotopic (exact) mass is 329 g/mol. The first-order valence-corrected chi connectivity index (χ1v) is 8.26. The SMILES string of the molecule is Cc1nc(N(C)C)ncc1C(=O)NCc1nnc2n1CCCCC2. The van der Waals surface area contributed by atoms with Crippen LogP contribution in [0.5, 0.6) is 0 Å². The van der Waals surface area contributed by atoms with Crippen LogP contribution in [0, 0.1) is 6.92 Å². The quantitative estimate of drug-likeness (QED) is 0.903. The first-order chi connectivity index (χ1) is 11.6. The molecule has 2 aromatic heterocycles. The van der Waals surface area contributed by atoms with Crippen LogP contribution in [0.4, 0.5) is 5.95 Å². The van der Waals surface area contributed by atoms with Crippen molar-refractivity contribution in [1.29, 1.82) is 0 Å². The van der Waals surface area contributed by atoms with E-state index in [4.69, 9.17) is 0 Å². The van der Waals surface area contributed by atoms with Crippen LogP contribution in [0.1, 0.15) is 47.0 Å². The van der Waals surface area contributed by atoms with Gasteiger partial charge in [0.25, 0.3) is 5.91 Å². The van der Waals surface area contributed by atoms with Crippen molar-refractivity contribution in [1.82, 2.24) is 30.0 Å². The van der Waals surface area contributed by atoms with Gasteiger partial charge in [0, 0.05) is 33.3 Å². The van der Waals surface area contributed by atoms with Gasteiger partial charge in [0.05, 0.1) is 17.8 Å². The van der Waals surface area contributed by atoms with E-state index in [2.05, 4.69) is 30.0 Å². The van der Waals surface area contributed by atoms with E-state index in [9.17, 15) is 4.79 Å². The number of hydrogen-bond acceptors (Lipinski definition) is 6. The molecule has 2 aromatic rings. The van der Waals surface area contributed by atoms with Crippen molar-refractivity contribution in [3.05, 3.63) is 29.1 Å². The molecule has 0 unspecified atom stereocenters. The van der Waals surface area contributed by atoms with E-state index >= 15 is 0 Å². The maximum Gasteiger partial charge on any atom is 0.255 e. The number of aryl methyl sites for hydroxylation is 2. The standard InChI is InChI=1S/C16H23N7O/c1-11-12(9-18-16(19-11)22(2)3)15(24)17-10-14-21-20-13-7-5-4-6-8-23(13)14/h9H,4-8,10H2,1-3H3,(H,17,24). The Labute approximate surface area is 141 Å². The van der Waals surface area contributed by atoms with Crippen LogP contribution in [-0.4, -0.2) is 44.7 Å². The molecule has 1 amide bonds. The summed E-state index contributed by atoms with van der Waals surface area (Å²) in [5, 5.41) is 11.4. The van der Waals surface area contributed by atoms with Crippen molar-refractivity contribution in [2.75, 3.05) is 19.0 Å². The minimum absolute atomic E-state index is 0.191. The normalized spacial score (nSPS) is 14.0. The Balaban J connectivity index is 1.69. The zero-order chi connectivity index (χ0) is 17.1. The van der Waals surface area contributed by atoms with Crippen molar-refractivity contribution in [3.8, 4) is 0 Å². The topological polar surface area (TPSA) is 88.8 Å². The highest BCUT2D eigenvalue weighted by Gasteiger charge is 2.17. The Morgan fingerprint density at radius 1 is 1.29 bits per heavy atom. The fraction of sp³-hybridized carbons (Fsp3) is 0.562. The minimum atomic E-state index is -0.191. The molecule has 0 fully saturated rings. The Morgan fingerprint density at radius 2 is 2.12 bits per heavy atom. The number of hydrogen-bond donors (Lipinski definition) is 1. The maximum atomic E-state index is 12.4. The number of anilines is 1. The third-order valence-corrected chi connectivity index (χ3v) is 4.20. The Morgan fingerprint density at radius 3 is 2.88 bits per heavy atom. The lowest BCUT2D eigenvalue weighted by atomic mass is 10.2. The summed E-state index contributed by atoms with van der Waals surface area (Å²) in [7, 11) is 3.73. The van der Waals surface area contributed by atoms with Gasteiger partial charge in [-0.05, 0) is 19.8 Å². The molecule has 0 bridgehead atoms. The van der Waals surface area contributed by atoms with Crippen LogP contribution in [0.2, 0.25) is 0 Å². The van der Waals surface area contributed by atoms with Gasteiger partial charge in [-0.3, -0.25) is 4.79 Å². The third kappa shape index (κ3) is 3.37. The van der Waals surface area contributed by atoms with E-state index in [1.54, 1.807) is 11.1 Å².